The Kier molecular flexibility index (Phi) is 7.70. The Morgan fingerprint density at radius 3 is 2.30 bits per heavy atom. The summed E-state index contributed by atoms with van der Waals surface area (Å²) >= 11 is 0. The molecular weight excluding hydrogens is 451 g/mol. The summed E-state index contributed by atoms with van der Waals surface area (Å²) in [4.78, 5) is 24.3. The Bertz CT molecular complexity index is 1110. The molecule has 8 nitrogen and oxygen atoms in total. The first-order valence-electron chi connectivity index (χ1n) is 10.5. The summed E-state index contributed by atoms with van der Waals surface area (Å²) in [6.45, 7) is 4.39. The maximum atomic E-state index is 13.9. The van der Waals surface area contributed by atoms with Gasteiger partial charge in [0, 0.05) is 24.8 Å². The Labute approximate surface area is 192 Å². The summed E-state index contributed by atoms with van der Waals surface area (Å²) in [5, 5.41) is 2.52. The summed E-state index contributed by atoms with van der Waals surface area (Å²) in [5.74, 6) is -1.64. The Morgan fingerprint density at radius 2 is 1.73 bits per heavy atom. The lowest BCUT2D eigenvalue weighted by molar-refractivity contribution is -0.119. The summed E-state index contributed by atoms with van der Waals surface area (Å²) in [7, 11) is -2.26. The zero-order valence-corrected chi connectivity index (χ0v) is 19.5. The highest BCUT2D eigenvalue weighted by molar-refractivity contribution is 7.89. The van der Waals surface area contributed by atoms with E-state index in [0.29, 0.717) is 18.8 Å². The van der Waals surface area contributed by atoms with Crippen molar-refractivity contribution in [2.24, 2.45) is 11.8 Å². The number of esters is 1. The first-order chi connectivity index (χ1) is 15.6. The second kappa shape index (κ2) is 10.3. The summed E-state index contributed by atoms with van der Waals surface area (Å²) in [6, 6.07) is 9.43. The van der Waals surface area contributed by atoms with E-state index in [4.69, 9.17) is 9.47 Å². The van der Waals surface area contributed by atoms with Crippen molar-refractivity contribution in [1.29, 1.82) is 0 Å². The van der Waals surface area contributed by atoms with E-state index >= 15 is 0 Å². The molecule has 0 aromatic heterocycles. The summed E-state index contributed by atoms with van der Waals surface area (Å²) < 4.78 is 51.0. The molecule has 1 saturated heterocycles. The molecular formula is C23H27FN2O6S. The number of carbonyl (C=O) groups excluding carboxylic acids is 2. The van der Waals surface area contributed by atoms with Gasteiger partial charge < -0.3 is 14.8 Å². The molecule has 1 fully saturated rings. The van der Waals surface area contributed by atoms with E-state index < -0.39 is 34.3 Å². The fraction of sp³-hybridized carbons (Fsp3) is 0.391. The molecule has 1 aliphatic rings. The molecule has 0 aliphatic carbocycles. The second-order valence-electron chi connectivity index (χ2n) is 8.26. The number of benzene rings is 2. The van der Waals surface area contributed by atoms with Crippen LogP contribution < -0.4 is 10.1 Å². The van der Waals surface area contributed by atoms with Crippen LogP contribution in [-0.2, 0) is 19.6 Å². The van der Waals surface area contributed by atoms with Crippen molar-refractivity contribution in [2.75, 3.05) is 32.1 Å². The van der Waals surface area contributed by atoms with E-state index in [1.807, 2.05) is 13.8 Å². The van der Waals surface area contributed by atoms with Gasteiger partial charge in [-0.3, -0.25) is 4.79 Å². The van der Waals surface area contributed by atoms with Crippen LogP contribution in [0.1, 0.15) is 30.6 Å². The van der Waals surface area contributed by atoms with E-state index in [9.17, 15) is 22.4 Å². The number of nitrogens with zero attached hydrogens (tertiary/aromatic N) is 1. The molecule has 1 heterocycles. The highest BCUT2D eigenvalue weighted by atomic mass is 32.2. The molecule has 33 heavy (non-hydrogen) atoms. The number of hydrogen-bond acceptors (Lipinski definition) is 6. The topological polar surface area (TPSA) is 102 Å². The SMILES string of the molecule is COc1ccc(C(=O)OCC(=O)Nc2ccc(S(=O)(=O)N3CC(C)CC(C)C3)cc2)c(F)c1. The van der Waals surface area contributed by atoms with Gasteiger partial charge >= 0.3 is 5.97 Å². The monoisotopic (exact) mass is 478 g/mol. The third kappa shape index (κ3) is 6.08. The number of halogens is 1. The maximum Gasteiger partial charge on any atom is 0.341 e. The lowest BCUT2D eigenvalue weighted by Crippen LogP contribution is -2.42. The lowest BCUT2D eigenvalue weighted by Gasteiger charge is -2.34. The number of piperidine rings is 1. The van der Waals surface area contributed by atoms with Gasteiger partial charge in [-0.15, -0.1) is 0 Å². The molecule has 2 aromatic carbocycles. The van der Waals surface area contributed by atoms with Crippen LogP contribution in [0, 0.1) is 17.7 Å². The van der Waals surface area contributed by atoms with Gasteiger partial charge in [0.15, 0.2) is 6.61 Å². The normalized spacial score (nSPS) is 19.0. The minimum Gasteiger partial charge on any atom is -0.497 e. The molecule has 1 amide bonds. The molecule has 2 aromatic rings. The predicted molar refractivity (Wildman–Crippen MR) is 120 cm³/mol. The molecule has 2 unspecified atom stereocenters. The Morgan fingerprint density at radius 1 is 1.09 bits per heavy atom. The fourth-order valence-corrected chi connectivity index (χ4v) is 5.54. The van der Waals surface area contributed by atoms with Crippen molar-refractivity contribution in [3.8, 4) is 5.75 Å². The lowest BCUT2D eigenvalue weighted by atomic mass is 9.94. The molecule has 1 aliphatic heterocycles. The first-order valence-corrected chi connectivity index (χ1v) is 11.9. The predicted octanol–water partition coefficient (Wildman–Crippen LogP) is 3.30. The molecule has 0 radical (unpaired) electrons. The molecule has 10 heteroatoms. The fourth-order valence-electron chi connectivity index (χ4n) is 3.86. The number of methoxy groups -OCH3 is 1. The molecule has 3 rings (SSSR count). The van der Waals surface area contributed by atoms with Crippen LogP contribution >= 0.6 is 0 Å². The van der Waals surface area contributed by atoms with Crippen LogP contribution in [0.5, 0.6) is 5.75 Å². The molecule has 0 spiro atoms. The van der Waals surface area contributed by atoms with Gasteiger partial charge in [-0.25, -0.2) is 17.6 Å². The van der Waals surface area contributed by atoms with Crippen LogP contribution in [0.15, 0.2) is 47.4 Å². The Balaban J connectivity index is 1.57. The van der Waals surface area contributed by atoms with Crippen molar-refractivity contribution < 1.29 is 31.9 Å². The van der Waals surface area contributed by atoms with Gasteiger partial charge in [-0.2, -0.15) is 4.31 Å². The number of amides is 1. The quantitative estimate of drug-likeness (QED) is 0.613. The van der Waals surface area contributed by atoms with Gasteiger partial charge in [0.25, 0.3) is 5.91 Å². The molecule has 1 N–H and O–H groups in total. The second-order valence-corrected chi connectivity index (χ2v) is 10.2. The number of carbonyl (C=O) groups is 2. The number of rotatable bonds is 7. The van der Waals surface area contributed by atoms with E-state index in [1.54, 1.807) is 0 Å². The van der Waals surface area contributed by atoms with Gasteiger partial charge in [0.05, 0.1) is 17.6 Å². The third-order valence-electron chi connectivity index (χ3n) is 5.34. The number of ether oxygens (including phenoxy) is 2. The minimum atomic E-state index is -3.63. The highest BCUT2D eigenvalue weighted by Crippen LogP contribution is 2.27. The molecule has 0 saturated carbocycles. The van der Waals surface area contributed by atoms with Crippen molar-refractivity contribution in [3.05, 3.63) is 53.8 Å². The van der Waals surface area contributed by atoms with Crippen molar-refractivity contribution >= 4 is 27.6 Å². The largest absolute Gasteiger partial charge is 0.497 e. The molecule has 0 bridgehead atoms. The van der Waals surface area contributed by atoms with Crippen molar-refractivity contribution in [1.82, 2.24) is 4.31 Å². The van der Waals surface area contributed by atoms with Crippen molar-refractivity contribution in [2.45, 2.75) is 25.2 Å². The Hall–Kier alpha value is -2.98. The highest BCUT2D eigenvalue weighted by Gasteiger charge is 2.31. The summed E-state index contributed by atoms with van der Waals surface area (Å²) in [5.41, 5.74) is 0.0190. The van der Waals surface area contributed by atoms with Gasteiger partial charge in [0.1, 0.15) is 11.6 Å². The smallest absolute Gasteiger partial charge is 0.341 e. The molecule has 178 valence electrons. The van der Waals surface area contributed by atoms with Crippen LogP contribution in [0.4, 0.5) is 10.1 Å². The standard InChI is InChI=1S/C23H27FN2O6S/c1-15-10-16(2)13-26(12-15)33(29,30)19-7-4-17(5-8-19)25-22(27)14-32-23(28)20-9-6-18(31-3)11-21(20)24/h4-9,11,15-16H,10,12-14H2,1-3H3,(H,25,27). The van der Waals surface area contributed by atoms with Gasteiger partial charge in [-0.1, -0.05) is 13.8 Å². The van der Waals surface area contributed by atoms with Crippen LogP contribution in [0.25, 0.3) is 0 Å². The zero-order chi connectivity index (χ0) is 24.2. The van der Waals surface area contributed by atoms with Crippen LogP contribution in [0.3, 0.4) is 0 Å². The number of nitrogens with one attached hydrogen (secondary N) is 1. The average Bonchev–Trinajstić information content (AvgIpc) is 2.77. The zero-order valence-electron chi connectivity index (χ0n) is 18.7. The van der Waals surface area contributed by atoms with E-state index in [-0.39, 0.29) is 28.0 Å². The number of sulfonamides is 1. The first kappa shape index (κ1) is 24.7. The third-order valence-corrected chi connectivity index (χ3v) is 7.19. The van der Waals surface area contributed by atoms with E-state index in [0.717, 1.165) is 12.5 Å². The number of hydrogen-bond donors (Lipinski definition) is 1. The van der Waals surface area contributed by atoms with E-state index in [2.05, 4.69) is 5.32 Å². The van der Waals surface area contributed by atoms with E-state index in [1.165, 1.54) is 47.8 Å². The maximum absolute atomic E-state index is 13.9. The van der Waals surface area contributed by atoms with Crippen molar-refractivity contribution in [3.63, 3.8) is 0 Å². The van der Waals surface area contributed by atoms with Gasteiger partial charge in [0.2, 0.25) is 10.0 Å². The van der Waals surface area contributed by atoms with Crippen LogP contribution in [-0.4, -0.2) is 51.4 Å². The molecule has 2 atom stereocenters. The summed E-state index contributed by atoms with van der Waals surface area (Å²) in [6.07, 6.45) is 0.993. The average molecular weight is 479 g/mol. The number of anilines is 1. The van der Waals surface area contributed by atoms with Crippen LogP contribution in [0.2, 0.25) is 0 Å². The van der Waals surface area contributed by atoms with Gasteiger partial charge in [-0.05, 0) is 54.7 Å². The minimum absolute atomic E-state index is 0.142.